The Bertz CT molecular complexity index is 955. The molecule has 0 bridgehead atoms. The van der Waals surface area contributed by atoms with Gasteiger partial charge in [0.2, 0.25) is 9.84 Å². The fraction of sp³-hybridized carbons (Fsp3) is 0.417. The minimum Gasteiger partial charge on any atom is -0.428 e. The number of ketones is 1. The van der Waals surface area contributed by atoms with Crippen LogP contribution in [0.1, 0.15) is 55.0 Å². The van der Waals surface area contributed by atoms with E-state index in [1.165, 1.54) is 36.4 Å². The maximum Gasteiger partial charge on any atom is 0.514 e. The van der Waals surface area contributed by atoms with Crippen molar-refractivity contribution >= 4 is 31.7 Å². The third-order valence-electron chi connectivity index (χ3n) is 4.09. The molecule has 0 saturated carbocycles. The van der Waals surface area contributed by atoms with Gasteiger partial charge in [0, 0.05) is 14.3 Å². The van der Waals surface area contributed by atoms with Gasteiger partial charge in [-0.1, -0.05) is 32.9 Å². The Labute approximate surface area is 195 Å². The highest BCUT2D eigenvalue weighted by molar-refractivity contribution is 7.91. The first-order valence-electron chi connectivity index (χ1n) is 10.0. The first-order valence-corrected chi connectivity index (χ1v) is 11.5. The van der Waals surface area contributed by atoms with E-state index < -0.39 is 21.6 Å². The highest BCUT2D eigenvalue weighted by Crippen LogP contribution is 2.25. The lowest BCUT2D eigenvalue weighted by Gasteiger charge is -2.18. The van der Waals surface area contributed by atoms with E-state index in [0.717, 1.165) is 5.56 Å². The minimum atomic E-state index is -3.74. The Hall–Kier alpha value is -2.24. The molecule has 1 atom stereocenters. The van der Waals surface area contributed by atoms with Crippen molar-refractivity contribution < 1.29 is 28.9 Å². The molecule has 2 aromatic carbocycles. The number of sulfone groups is 1. The van der Waals surface area contributed by atoms with Crippen LogP contribution in [-0.2, 0) is 25.8 Å². The molecule has 178 valence electrons. The van der Waals surface area contributed by atoms with E-state index in [4.69, 9.17) is 9.47 Å². The van der Waals surface area contributed by atoms with Crippen LogP contribution in [0.4, 0.5) is 4.79 Å². The van der Waals surface area contributed by atoms with Crippen molar-refractivity contribution in [2.75, 3.05) is 0 Å². The Morgan fingerprint density at radius 2 is 1.31 bits per heavy atom. The summed E-state index contributed by atoms with van der Waals surface area (Å²) in [5.41, 5.74) is -0.00169. The molecule has 2 aromatic rings. The van der Waals surface area contributed by atoms with Crippen LogP contribution in [0, 0.1) is 5.41 Å². The first kappa shape index (κ1) is 27.8. The molecule has 0 heterocycles. The van der Waals surface area contributed by atoms with Gasteiger partial charge in [-0.25, -0.2) is 13.2 Å². The quantitative estimate of drug-likeness (QED) is 0.299. The van der Waals surface area contributed by atoms with Gasteiger partial charge >= 0.3 is 6.16 Å². The highest BCUT2D eigenvalue weighted by atomic mass is 32.2. The van der Waals surface area contributed by atoms with E-state index in [1.54, 1.807) is 32.9 Å². The molecule has 0 fully saturated rings. The van der Waals surface area contributed by atoms with Crippen molar-refractivity contribution in [1.29, 1.82) is 0 Å². The molecule has 0 radical (unpaired) electrons. The van der Waals surface area contributed by atoms with Crippen LogP contribution >= 0.6 is 9.90 Å². The summed E-state index contributed by atoms with van der Waals surface area (Å²) in [7, 11) is -3.74. The van der Waals surface area contributed by atoms with Gasteiger partial charge in [-0.15, -0.1) is 0 Å². The predicted octanol–water partition coefficient (Wildman–Crippen LogP) is 5.69. The van der Waals surface area contributed by atoms with Crippen LogP contribution < -0.4 is 4.74 Å². The first-order chi connectivity index (χ1) is 14.2. The average Bonchev–Trinajstić information content (AvgIpc) is 2.59. The summed E-state index contributed by atoms with van der Waals surface area (Å²) in [5, 5.41) is 0. The van der Waals surface area contributed by atoms with E-state index in [2.05, 4.69) is 0 Å². The zero-order valence-corrected chi connectivity index (χ0v) is 21.8. The van der Waals surface area contributed by atoms with Crippen LogP contribution in [0.25, 0.3) is 0 Å². The van der Waals surface area contributed by atoms with Crippen molar-refractivity contribution in [3.63, 3.8) is 0 Å². The Morgan fingerprint density at radius 3 is 1.75 bits per heavy atom. The number of rotatable bonds is 6. The molecule has 32 heavy (non-hydrogen) atoms. The molecule has 0 aromatic heterocycles. The van der Waals surface area contributed by atoms with Gasteiger partial charge in [-0.05, 0) is 68.1 Å². The second kappa shape index (κ2) is 10.6. The second-order valence-corrected chi connectivity index (χ2v) is 11.6. The fourth-order valence-corrected chi connectivity index (χ4v) is 4.12. The highest BCUT2D eigenvalue weighted by Gasteiger charge is 2.21. The van der Waals surface area contributed by atoms with Gasteiger partial charge in [0.25, 0.3) is 0 Å². The molecule has 6 nitrogen and oxygen atoms in total. The normalized spacial score (nSPS) is 11.9. The predicted molar refractivity (Wildman–Crippen MR) is 131 cm³/mol. The number of carbonyl (C=O) groups is 2. The van der Waals surface area contributed by atoms with E-state index in [9.17, 15) is 18.0 Å². The van der Waals surface area contributed by atoms with Gasteiger partial charge in [0.15, 0.2) is 0 Å². The maximum atomic E-state index is 12.9. The molecule has 0 amide bonds. The molecule has 0 saturated heterocycles. The fourth-order valence-electron chi connectivity index (χ4n) is 2.86. The van der Waals surface area contributed by atoms with Gasteiger partial charge in [-0.3, -0.25) is 4.79 Å². The minimum absolute atomic E-state index is 0. The lowest BCUT2D eigenvalue weighted by Crippen LogP contribution is -2.25. The zero-order valence-electron chi connectivity index (χ0n) is 19.6. The van der Waals surface area contributed by atoms with Crippen molar-refractivity contribution in [2.24, 2.45) is 5.41 Å². The van der Waals surface area contributed by atoms with Gasteiger partial charge in [-0.2, -0.15) is 9.90 Å². The standard InChI is InChI=1S/C24H30O6S.H3P.H2/c1-23(2,3)16-18(25)15-17-7-11-20(12-8-17)31(27,28)21-13-9-19(10-14-21)29-22(26)30-24(4,5)6;;/h7-14H,15-16H2,1-6H3;1H3;1H. The topological polar surface area (TPSA) is 86.7 Å². The number of carbonyl (C=O) groups excluding carboxylic acids is 2. The molecule has 0 aliphatic heterocycles. The Morgan fingerprint density at radius 1 is 0.844 bits per heavy atom. The zero-order chi connectivity index (χ0) is 23.4. The van der Waals surface area contributed by atoms with Crippen LogP contribution in [0.3, 0.4) is 0 Å². The summed E-state index contributed by atoms with van der Waals surface area (Å²) < 4.78 is 35.9. The van der Waals surface area contributed by atoms with Crippen LogP contribution in [0.2, 0.25) is 0 Å². The lowest BCUT2D eigenvalue weighted by atomic mass is 9.88. The number of benzene rings is 2. The molecule has 2 rings (SSSR count). The summed E-state index contributed by atoms with van der Waals surface area (Å²) in [6.45, 7) is 11.2. The number of hydrogen-bond donors (Lipinski definition) is 0. The maximum absolute atomic E-state index is 12.9. The third kappa shape index (κ3) is 8.71. The monoisotopic (exact) mass is 482 g/mol. The smallest absolute Gasteiger partial charge is 0.428 e. The van der Waals surface area contributed by atoms with Crippen LogP contribution in [0.15, 0.2) is 58.3 Å². The van der Waals surface area contributed by atoms with Crippen molar-refractivity contribution in [1.82, 2.24) is 0 Å². The number of hydrogen-bond acceptors (Lipinski definition) is 6. The summed E-state index contributed by atoms with van der Waals surface area (Å²) >= 11 is 0. The summed E-state index contributed by atoms with van der Waals surface area (Å²) in [6, 6.07) is 11.9. The van der Waals surface area contributed by atoms with Crippen LogP contribution in [-0.4, -0.2) is 26.0 Å². The van der Waals surface area contributed by atoms with Gasteiger partial charge in [0.05, 0.1) is 9.79 Å². The van der Waals surface area contributed by atoms with Gasteiger partial charge in [0.1, 0.15) is 17.1 Å². The van der Waals surface area contributed by atoms with E-state index in [-0.39, 0.29) is 44.5 Å². The van der Waals surface area contributed by atoms with Crippen LogP contribution in [0.5, 0.6) is 5.75 Å². The lowest BCUT2D eigenvalue weighted by molar-refractivity contribution is -0.120. The molecule has 0 aliphatic carbocycles. The van der Waals surface area contributed by atoms with Crippen molar-refractivity contribution in [2.45, 2.75) is 69.8 Å². The van der Waals surface area contributed by atoms with E-state index in [0.29, 0.717) is 6.42 Å². The SMILES string of the molecule is CC(C)(C)CC(=O)Cc1ccc(S(=O)(=O)c2ccc(OC(=O)OC(C)(C)C)cc2)cc1.P.[HH]. The van der Waals surface area contributed by atoms with Crippen molar-refractivity contribution in [3.8, 4) is 5.75 Å². The molecule has 0 spiro atoms. The molecule has 0 aliphatic rings. The van der Waals surface area contributed by atoms with Crippen molar-refractivity contribution in [3.05, 3.63) is 54.1 Å². The second-order valence-electron chi connectivity index (χ2n) is 9.64. The average molecular weight is 483 g/mol. The largest absolute Gasteiger partial charge is 0.514 e. The summed E-state index contributed by atoms with van der Waals surface area (Å²) in [4.78, 5) is 24.1. The number of ether oxygens (including phenoxy) is 2. The summed E-state index contributed by atoms with van der Waals surface area (Å²) in [6.07, 6.45) is -0.126. The Balaban J connectivity index is 0.00000512. The molecular weight excluding hydrogens is 447 g/mol. The summed E-state index contributed by atoms with van der Waals surface area (Å²) in [5.74, 6) is 0.296. The number of Topliss-reactive ketones (excluding diaryl/α,β-unsaturated/α-hetero) is 1. The Kier molecular flexibility index (Phi) is 9.19. The molecule has 0 N–H and O–H groups in total. The van der Waals surface area contributed by atoms with E-state index in [1.807, 2.05) is 20.8 Å². The third-order valence-corrected chi connectivity index (χ3v) is 5.87. The molecule has 1 unspecified atom stereocenters. The molecule has 8 heteroatoms. The molecular formula is C24H35O6PS. The van der Waals surface area contributed by atoms with Gasteiger partial charge < -0.3 is 9.47 Å². The van der Waals surface area contributed by atoms with E-state index >= 15 is 0 Å².